The van der Waals surface area contributed by atoms with E-state index >= 15 is 0 Å². The summed E-state index contributed by atoms with van der Waals surface area (Å²) in [6.45, 7) is 0. The van der Waals surface area contributed by atoms with Crippen molar-refractivity contribution in [2.45, 2.75) is 25.7 Å². The van der Waals surface area contributed by atoms with Gasteiger partial charge in [-0.2, -0.15) is 0 Å². The van der Waals surface area contributed by atoms with Crippen molar-refractivity contribution in [3.8, 4) is 0 Å². The van der Waals surface area contributed by atoms with E-state index in [1.165, 1.54) is 47.3 Å². The number of fused-ring (bicyclic) bond motifs is 6. The van der Waals surface area contributed by atoms with E-state index < -0.39 is 0 Å². The predicted molar refractivity (Wildman–Crippen MR) is 51.3 cm³/mol. The second kappa shape index (κ2) is 1.17. The summed E-state index contributed by atoms with van der Waals surface area (Å²) in [5.74, 6) is 10.3. The normalized spacial score (nSPS) is 96.0. The molecule has 72 valence electrons. The van der Waals surface area contributed by atoms with Crippen molar-refractivity contribution in [1.82, 2.24) is 0 Å². The largest absolute Gasteiger partial charge is 0.0470 e. The Balaban J connectivity index is 1.72. The Kier molecular flexibility index (Phi) is 0.494. The van der Waals surface area contributed by atoms with Gasteiger partial charge in [0.25, 0.3) is 0 Å². The molecule has 7 aliphatic carbocycles. The van der Waals surface area contributed by atoms with Crippen molar-refractivity contribution in [3.63, 3.8) is 0 Å². The first-order valence-electron chi connectivity index (χ1n) is 6.89. The second-order valence-electron chi connectivity index (χ2n) is 7.91. The number of hydrogen-bond acceptors (Lipinski definition) is 0. The number of rotatable bonds is 0. The fourth-order valence-corrected chi connectivity index (χ4v) is 9.44. The minimum Gasteiger partial charge on any atom is -0.0470 e. The van der Waals surface area contributed by atoms with Crippen LogP contribution in [0.25, 0.3) is 0 Å². The summed E-state index contributed by atoms with van der Waals surface area (Å²) in [5.41, 5.74) is 2.06. The molecule has 7 saturated carbocycles. The van der Waals surface area contributed by atoms with Gasteiger partial charge in [-0.05, 0) is 83.9 Å². The lowest BCUT2D eigenvalue weighted by Crippen LogP contribution is -2.58. The molecule has 0 nitrogen and oxygen atoms in total. The van der Waals surface area contributed by atoms with E-state index in [0.717, 1.165) is 10.8 Å². The van der Waals surface area contributed by atoms with Crippen molar-refractivity contribution in [1.29, 1.82) is 0 Å². The molecule has 0 saturated heterocycles. The Bertz CT molecular complexity index is 426. The Morgan fingerprint density at radius 1 is 0.857 bits per heavy atom. The van der Waals surface area contributed by atoms with Crippen molar-refractivity contribution >= 4 is 0 Å². The first-order valence-corrected chi connectivity index (χ1v) is 6.89. The van der Waals surface area contributed by atoms with Crippen LogP contribution in [0.3, 0.4) is 0 Å². The third-order valence-corrected chi connectivity index (χ3v) is 8.74. The Morgan fingerprint density at radius 2 is 1.79 bits per heavy atom. The van der Waals surface area contributed by atoms with Crippen LogP contribution in [-0.4, -0.2) is 0 Å². The van der Waals surface area contributed by atoms with Crippen LogP contribution >= 0.6 is 0 Å². The van der Waals surface area contributed by atoms with Crippen LogP contribution in [0.15, 0.2) is 0 Å². The molecule has 7 fully saturated rings. The van der Waals surface area contributed by atoms with E-state index in [-0.39, 0.29) is 0 Å². The molecule has 2 spiro atoms. The minimum atomic E-state index is 1.01. The summed E-state index contributed by atoms with van der Waals surface area (Å²) < 4.78 is 0. The zero-order valence-electron chi connectivity index (χ0n) is 8.45. The first kappa shape index (κ1) is 5.92. The fraction of sp³-hybridized carbons (Fsp3) is 1.00. The van der Waals surface area contributed by atoms with Gasteiger partial charge in [0.15, 0.2) is 0 Å². The molecule has 0 amide bonds. The standard InChI is InChI=1S/C14H16/c1-5-3-13-4-6(1)10(13)9-7-2-8(5)14(13)11(7)12(9)14/h5-12H,1-4H2. The zero-order valence-corrected chi connectivity index (χ0v) is 8.45. The monoisotopic (exact) mass is 184 g/mol. The maximum atomic E-state index is 1.72. The molecule has 0 aromatic carbocycles. The third-order valence-electron chi connectivity index (χ3n) is 8.74. The highest BCUT2D eigenvalue weighted by atomic mass is 15.1. The summed E-state index contributed by atoms with van der Waals surface area (Å²) >= 11 is 0. The van der Waals surface area contributed by atoms with Gasteiger partial charge in [0.2, 0.25) is 0 Å². The highest BCUT2D eigenvalue weighted by molar-refractivity contribution is 5.49. The van der Waals surface area contributed by atoms with E-state index in [0.29, 0.717) is 0 Å². The van der Waals surface area contributed by atoms with Crippen molar-refractivity contribution in [2.75, 3.05) is 0 Å². The van der Waals surface area contributed by atoms with Gasteiger partial charge in [0.1, 0.15) is 0 Å². The van der Waals surface area contributed by atoms with E-state index in [1.54, 1.807) is 25.7 Å². The third kappa shape index (κ3) is 0.245. The first-order chi connectivity index (χ1) is 6.89. The summed E-state index contributed by atoms with van der Waals surface area (Å²) in [4.78, 5) is 0. The quantitative estimate of drug-likeness (QED) is 0.542. The molecule has 0 N–H and O–H groups in total. The lowest BCUT2D eigenvalue weighted by Gasteiger charge is -2.64. The van der Waals surface area contributed by atoms with E-state index in [1.807, 2.05) is 0 Å². The van der Waals surface area contributed by atoms with Gasteiger partial charge >= 0.3 is 0 Å². The van der Waals surface area contributed by atoms with Gasteiger partial charge in [0, 0.05) is 0 Å². The maximum absolute atomic E-state index is 1.72. The van der Waals surface area contributed by atoms with Crippen molar-refractivity contribution < 1.29 is 0 Å². The summed E-state index contributed by atoms with van der Waals surface area (Å²) in [7, 11) is 0. The second-order valence-corrected chi connectivity index (χ2v) is 7.91. The SMILES string of the molecule is C1C2CC34CC1C1CC5C(C23)C2C5C124. The van der Waals surface area contributed by atoms with E-state index in [4.69, 9.17) is 0 Å². The van der Waals surface area contributed by atoms with Crippen LogP contribution in [0.4, 0.5) is 0 Å². The number of hydrogen-bond donors (Lipinski definition) is 0. The van der Waals surface area contributed by atoms with Crippen LogP contribution in [0, 0.1) is 58.2 Å². The van der Waals surface area contributed by atoms with E-state index in [2.05, 4.69) is 0 Å². The van der Waals surface area contributed by atoms with Crippen molar-refractivity contribution in [2.24, 2.45) is 58.2 Å². The molecule has 0 radical (unpaired) electrons. The predicted octanol–water partition coefficient (Wildman–Crippen LogP) is 2.54. The Labute approximate surface area is 84.4 Å². The van der Waals surface area contributed by atoms with Crippen LogP contribution in [0.1, 0.15) is 25.7 Å². The van der Waals surface area contributed by atoms with Crippen LogP contribution in [0.2, 0.25) is 0 Å². The molecule has 7 rings (SSSR count). The minimum absolute atomic E-state index is 1.01. The fourth-order valence-electron chi connectivity index (χ4n) is 9.44. The van der Waals surface area contributed by atoms with Gasteiger partial charge < -0.3 is 0 Å². The molecule has 10 unspecified atom stereocenters. The summed E-state index contributed by atoms with van der Waals surface area (Å²) in [6.07, 6.45) is 6.82. The molecule has 0 heteroatoms. The molecule has 0 aromatic heterocycles. The highest BCUT2D eigenvalue weighted by Gasteiger charge is 3.02. The average molecular weight is 184 g/mol. The summed E-state index contributed by atoms with van der Waals surface area (Å²) in [5, 5.41) is 0. The molecular formula is C14H16. The van der Waals surface area contributed by atoms with Crippen LogP contribution < -0.4 is 0 Å². The molecule has 14 heavy (non-hydrogen) atoms. The Hall–Kier alpha value is 0. The summed E-state index contributed by atoms with van der Waals surface area (Å²) in [6, 6.07) is 0. The highest BCUT2D eigenvalue weighted by Crippen LogP contribution is 3.06. The smallest absolute Gasteiger partial charge is 0.0139 e. The van der Waals surface area contributed by atoms with Crippen LogP contribution in [0.5, 0.6) is 0 Å². The lowest BCUT2D eigenvalue weighted by molar-refractivity contribution is -0.162. The molecule has 7 aliphatic rings. The average Bonchev–Trinajstić information content (AvgIpc) is 2.52. The topological polar surface area (TPSA) is 0 Å². The molecule has 3 bridgehead atoms. The molecule has 0 aliphatic heterocycles. The van der Waals surface area contributed by atoms with Crippen LogP contribution in [-0.2, 0) is 0 Å². The lowest BCUT2D eigenvalue weighted by atomic mass is 9.40. The Morgan fingerprint density at radius 3 is 2.79 bits per heavy atom. The molecular weight excluding hydrogens is 168 g/mol. The van der Waals surface area contributed by atoms with Gasteiger partial charge in [-0.15, -0.1) is 0 Å². The van der Waals surface area contributed by atoms with Gasteiger partial charge in [-0.1, -0.05) is 0 Å². The molecule has 10 atom stereocenters. The van der Waals surface area contributed by atoms with Gasteiger partial charge in [-0.25, -0.2) is 0 Å². The van der Waals surface area contributed by atoms with E-state index in [9.17, 15) is 0 Å². The molecule has 0 heterocycles. The van der Waals surface area contributed by atoms with Crippen molar-refractivity contribution in [3.05, 3.63) is 0 Å². The maximum Gasteiger partial charge on any atom is -0.0139 e. The van der Waals surface area contributed by atoms with Gasteiger partial charge in [0.05, 0.1) is 0 Å². The zero-order chi connectivity index (χ0) is 8.45. The van der Waals surface area contributed by atoms with Gasteiger partial charge in [-0.3, -0.25) is 0 Å². The molecule has 0 aromatic rings.